The monoisotopic (exact) mass is 237 g/mol. The zero-order chi connectivity index (χ0) is 13.7. The number of hydrogen-bond acceptors (Lipinski definition) is 3. The third-order valence-corrected chi connectivity index (χ3v) is 1.50. The van der Waals surface area contributed by atoms with Gasteiger partial charge in [0.2, 0.25) is 0 Å². The summed E-state index contributed by atoms with van der Waals surface area (Å²) in [5.41, 5.74) is 1.64. The number of nitrogens with zero attached hydrogens (tertiary/aromatic N) is 1. The van der Waals surface area contributed by atoms with E-state index < -0.39 is 5.97 Å². The van der Waals surface area contributed by atoms with Crippen molar-refractivity contribution in [3.05, 3.63) is 35.9 Å². The minimum Gasteiger partial charge on any atom is -0.318 e. The maximum Gasteiger partial charge on any atom is 0.331 e. The molecule has 0 radical (unpaired) electrons. The molecule has 1 aromatic carbocycles. The van der Waals surface area contributed by atoms with Crippen LogP contribution >= 0.6 is 0 Å². The molecule has 1 aromatic rings. The van der Waals surface area contributed by atoms with Crippen LogP contribution in [0.15, 0.2) is 35.5 Å². The van der Waals surface area contributed by atoms with Gasteiger partial charge in [-0.2, -0.15) is 0 Å². The Morgan fingerprint density at radius 2 is 1.47 bits per heavy atom. The van der Waals surface area contributed by atoms with E-state index in [9.17, 15) is 4.79 Å². The first-order valence-corrected chi connectivity index (χ1v) is 5.98. The maximum atomic E-state index is 10.5. The number of benzene rings is 1. The first-order chi connectivity index (χ1) is 8.20. The van der Waals surface area contributed by atoms with Gasteiger partial charge in [0.05, 0.1) is 5.71 Å². The van der Waals surface area contributed by atoms with Gasteiger partial charge >= 0.3 is 5.97 Å². The summed E-state index contributed by atoms with van der Waals surface area (Å²) < 4.78 is 0. The molecule has 0 aliphatic carbocycles. The van der Waals surface area contributed by atoms with E-state index in [2.05, 4.69) is 9.99 Å². The minimum atomic E-state index is -0.407. The molecule has 17 heavy (non-hydrogen) atoms. The Morgan fingerprint density at radius 3 is 1.88 bits per heavy atom. The van der Waals surface area contributed by atoms with Crippen LogP contribution in [0.5, 0.6) is 0 Å². The molecule has 0 amide bonds. The SMILES string of the molecule is CC.CC.CC(=O)O/N=C(\C)c1ccccc1. The van der Waals surface area contributed by atoms with Gasteiger partial charge in [0.15, 0.2) is 0 Å². The van der Waals surface area contributed by atoms with E-state index in [1.165, 1.54) is 6.92 Å². The standard InChI is InChI=1S/C10H11NO2.2C2H6/c1-8(11-13-9(2)12)10-6-4-3-5-7-10;2*1-2/h3-7H,1-2H3;2*1-2H3/b11-8+;;. The van der Waals surface area contributed by atoms with E-state index >= 15 is 0 Å². The fourth-order valence-corrected chi connectivity index (χ4v) is 0.865. The topological polar surface area (TPSA) is 38.7 Å². The number of carbonyl (C=O) groups excluding carboxylic acids is 1. The highest BCUT2D eigenvalue weighted by Gasteiger charge is 1.96. The van der Waals surface area contributed by atoms with Gasteiger partial charge in [-0.15, -0.1) is 0 Å². The summed E-state index contributed by atoms with van der Waals surface area (Å²) >= 11 is 0. The smallest absolute Gasteiger partial charge is 0.318 e. The number of carbonyl (C=O) groups is 1. The van der Waals surface area contributed by atoms with Crippen LogP contribution in [-0.2, 0) is 9.63 Å². The molecular weight excluding hydrogens is 214 g/mol. The normalized spacial score (nSPS) is 9.18. The van der Waals surface area contributed by atoms with Crippen molar-refractivity contribution in [2.75, 3.05) is 0 Å². The second-order valence-corrected chi connectivity index (χ2v) is 2.63. The highest BCUT2D eigenvalue weighted by molar-refractivity contribution is 5.98. The summed E-state index contributed by atoms with van der Waals surface area (Å²) in [5.74, 6) is -0.407. The third kappa shape index (κ3) is 9.30. The Balaban J connectivity index is 0. The van der Waals surface area contributed by atoms with Crippen molar-refractivity contribution >= 4 is 11.7 Å². The van der Waals surface area contributed by atoms with Crippen molar-refractivity contribution in [2.24, 2.45) is 5.16 Å². The van der Waals surface area contributed by atoms with E-state index in [1.54, 1.807) is 6.92 Å². The fraction of sp³-hybridized carbons (Fsp3) is 0.429. The van der Waals surface area contributed by atoms with Crippen LogP contribution in [0.2, 0.25) is 0 Å². The molecule has 0 aromatic heterocycles. The molecule has 0 fully saturated rings. The average molecular weight is 237 g/mol. The molecule has 0 bridgehead atoms. The summed E-state index contributed by atoms with van der Waals surface area (Å²) in [6.07, 6.45) is 0. The summed E-state index contributed by atoms with van der Waals surface area (Å²) in [6.45, 7) is 11.1. The van der Waals surface area contributed by atoms with Gasteiger partial charge < -0.3 is 4.84 Å². The lowest BCUT2D eigenvalue weighted by Gasteiger charge is -1.98. The van der Waals surface area contributed by atoms with Crippen LogP contribution in [0.25, 0.3) is 0 Å². The van der Waals surface area contributed by atoms with Crippen LogP contribution < -0.4 is 0 Å². The number of rotatable bonds is 2. The summed E-state index contributed by atoms with van der Waals surface area (Å²) in [4.78, 5) is 15.0. The number of hydrogen-bond donors (Lipinski definition) is 0. The molecule has 96 valence electrons. The Morgan fingerprint density at radius 1 is 1.00 bits per heavy atom. The van der Waals surface area contributed by atoms with Crippen LogP contribution in [-0.4, -0.2) is 11.7 Å². The highest BCUT2D eigenvalue weighted by Crippen LogP contribution is 2.00. The third-order valence-electron chi connectivity index (χ3n) is 1.50. The van der Waals surface area contributed by atoms with Gasteiger partial charge in [-0.25, -0.2) is 4.79 Å². The molecule has 0 spiro atoms. The largest absolute Gasteiger partial charge is 0.331 e. The van der Waals surface area contributed by atoms with Gasteiger partial charge in [0.25, 0.3) is 0 Å². The number of oxime groups is 1. The molecule has 0 heterocycles. The van der Waals surface area contributed by atoms with Crippen LogP contribution in [0.3, 0.4) is 0 Å². The predicted octanol–water partition coefficient (Wildman–Crippen LogP) is 4.03. The van der Waals surface area contributed by atoms with E-state index in [0.717, 1.165) is 5.56 Å². The lowest BCUT2D eigenvalue weighted by atomic mass is 10.1. The van der Waals surface area contributed by atoms with Crippen molar-refractivity contribution in [1.82, 2.24) is 0 Å². The molecule has 0 saturated heterocycles. The lowest BCUT2D eigenvalue weighted by Crippen LogP contribution is -1.98. The van der Waals surface area contributed by atoms with E-state index in [4.69, 9.17) is 0 Å². The Labute approximate surface area is 104 Å². The van der Waals surface area contributed by atoms with E-state index in [-0.39, 0.29) is 0 Å². The van der Waals surface area contributed by atoms with Gasteiger partial charge in [-0.05, 0) is 12.5 Å². The van der Waals surface area contributed by atoms with Crippen molar-refractivity contribution in [3.8, 4) is 0 Å². The second-order valence-electron chi connectivity index (χ2n) is 2.63. The van der Waals surface area contributed by atoms with Crippen LogP contribution in [0, 0.1) is 0 Å². The quantitative estimate of drug-likeness (QED) is 0.442. The molecular formula is C14H23NO2. The van der Waals surface area contributed by atoms with Crippen molar-refractivity contribution in [1.29, 1.82) is 0 Å². The van der Waals surface area contributed by atoms with E-state index in [0.29, 0.717) is 5.71 Å². The zero-order valence-corrected chi connectivity index (χ0v) is 11.7. The predicted molar refractivity (Wildman–Crippen MR) is 73.1 cm³/mol. The van der Waals surface area contributed by atoms with Crippen molar-refractivity contribution in [2.45, 2.75) is 41.5 Å². The molecule has 0 aliphatic rings. The maximum absolute atomic E-state index is 10.5. The summed E-state index contributed by atoms with van der Waals surface area (Å²) in [7, 11) is 0. The van der Waals surface area contributed by atoms with Gasteiger partial charge in [-0.1, -0.05) is 63.2 Å². The fourth-order valence-electron chi connectivity index (χ4n) is 0.865. The van der Waals surface area contributed by atoms with Gasteiger partial charge in [-0.3, -0.25) is 0 Å². The Hall–Kier alpha value is -1.64. The molecule has 3 nitrogen and oxygen atoms in total. The minimum absolute atomic E-state index is 0.407. The molecule has 1 rings (SSSR count). The lowest BCUT2D eigenvalue weighted by molar-refractivity contribution is -0.140. The first kappa shape index (κ1) is 17.7. The first-order valence-electron chi connectivity index (χ1n) is 5.98. The summed E-state index contributed by atoms with van der Waals surface area (Å²) in [5, 5.41) is 3.66. The molecule has 0 atom stereocenters. The van der Waals surface area contributed by atoms with Crippen LogP contribution in [0.1, 0.15) is 47.1 Å². The van der Waals surface area contributed by atoms with Crippen LogP contribution in [0.4, 0.5) is 0 Å². The van der Waals surface area contributed by atoms with Crippen molar-refractivity contribution in [3.63, 3.8) is 0 Å². The molecule has 0 saturated carbocycles. The van der Waals surface area contributed by atoms with Gasteiger partial charge in [0.1, 0.15) is 0 Å². The molecule has 0 N–H and O–H groups in total. The Bertz CT molecular complexity index is 318. The molecule has 0 aliphatic heterocycles. The summed E-state index contributed by atoms with van der Waals surface area (Å²) in [6, 6.07) is 9.54. The molecule has 0 unspecified atom stereocenters. The van der Waals surface area contributed by atoms with Gasteiger partial charge in [0, 0.05) is 6.92 Å². The highest BCUT2D eigenvalue weighted by atomic mass is 16.7. The molecule has 3 heteroatoms. The second kappa shape index (κ2) is 12.4. The van der Waals surface area contributed by atoms with E-state index in [1.807, 2.05) is 58.0 Å². The van der Waals surface area contributed by atoms with Crippen molar-refractivity contribution < 1.29 is 9.63 Å². The Kier molecular flexibility index (Phi) is 13.0. The average Bonchev–Trinajstić information content (AvgIpc) is 2.41. The zero-order valence-electron chi connectivity index (χ0n) is 11.7.